The third-order valence-corrected chi connectivity index (χ3v) is 7.38. The highest BCUT2D eigenvalue weighted by molar-refractivity contribution is 9.10. The van der Waals surface area contributed by atoms with Crippen molar-refractivity contribution in [3.8, 4) is 5.75 Å². The van der Waals surface area contributed by atoms with E-state index in [1.54, 1.807) is 48.5 Å². The highest BCUT2D eigenvalue weighted by Gasteiger charge is 2.31. The van der Waals surface area contributed by atoms with Gasteiger partial charge in [-0.15, -0.1) is 0 Å². The van der Waals surface area contributed by atoms with Crippen LogP contribution in [-0.4, -0.2) is 20.9 Å². The molecule has 1 amide bonds. The van der Waals surface area contributed by atoms with Gasteiger partial charge in [-0.3, -0.25) is 4.79 Å². The zero-order valence-corrected chi connectivity index (χ0v) is 20.0. The second kappa shape index (κ2) is 9.66. The molecule has 162 valence electrons. The molecule has 0 aromatic heterocycles. The minimum absolute atomic E-state index is 0.0366. The van der Waals surface area contributed by atoms with Gasteiger partial charge in [0.2, 0.25) is 0 Å². The quantitative estimate of drug-likeness (QED) is 0.417. The molecule has 0 atom stereocenters. The predicted octanol–water partition coefficient (Wildman–Crippen LogP) is 5.68. The van der Waals surface area contributed by atoms with Crippen LogP contribution < -0.4 is 9.04 Å². The van der Waals surface area contributed by atoms with Gasteiger partial charge in [0.25, 0.3) is 15.9 Å². The number of amides is 1. The van der Waals surface area contributed by atoms with Crippen molar-refractivity contribution in [2.75, 3.05) is 10.9 Å². The number of sulfonamides is 1. The van der Waals surface area contributed by atoms with Gasteiger partial charge in [0.15, 0.2) is 6.61 Å². The monoisotopic (exact) mass is 501 g/mol. The number of aryl methyl sites for hydroxylation is 1. The number of ether oxygens (including phenoxy) is 1. The first-order valence-electron chi connectivity index (χ1n) is 9.83. The van der Waals surface area contributed by atoms with Gasteiger partial charge in [-0.25, -0.2) is 8.42 Å². The highest BCUT2D eigenvalue weighted by Crippen LogP contribution is 2.32. The Labute approximate surface area is 191 Å². The summed E-state index contributed by atoms with van der Waals surface area (Å²) in [6.45, 7) is 5.57. The van der Waals surface area contributed by atoms with Crippen molar-refractivity contribution in [1.82, 2.24) is 0 Å². The number of carbonyl (C=O) groups excluding carboxylic acids is 1. The molecule has 3 rings (SSSR count). The maximum atomic E-state index is 13.3. The molecule has 0 saturated carbocycles. The van der Waals surface area contributed by atoms with E-state index in [4.69, 9.17) is 4.74 Å². The largest absolute Gasteiger partial charge is 0.483 e. The van der Waals surface area contributed by atoms with Crippen molar-refractivity contribution < 1.29 is 17.9 Å². The predicted molar refractivity (Wildman–Crippen MR) is 126 cm³/mol. The molecular weight excluding hydrogens is 478 g/mol. The summed E-state index contributed by atoms with van der Waals surface area (Å²) in [4.78, 5) is 13.2. The first-order chi connectivity index (χ1) is 14.7. The molecule has 3 aromatic carbocycles. The van der Waals surface area contributed by atoms with Crippen molar-refractivity contribution in [3.63, 3.8) is 0 Å². The molecular formula is C24H24BrNO4S. The van der Waals surface area contributed by atoms with Crippen molar-refractivity contribution in [2.24, 2.45) is 0 Å². The van der Waals surface area contributed by atoms with E-state index in [1.165, 1.54) is 12.1 Å². The maximum absolute atomic E-state index is 13.3. The Hall–Kier alpha value is -2.64. The van der Waals surface area contributed by atoms with Crippen molar-refractivity contribution in [2.45, 2.75) is 31.6 Å². The minimum atomic E-state index is -4.10. The lowest BCUT2D eigenvalue weighted by molar-refractivity contribution is -0.119. The third kappa shape index (κ3) is 5.17. The van der Waals surface area contributed by atoms with Gasteiger partial charge in [0.1, 0.15) is 5.75 Å². The molecule has 0 aliphatic carbocycles. The summed E-state index contributed by atoms with van der Waals surface area (Å²) in [5, 5.41) is 0. The second-order valence-electron chi connectivity index (χ2n) is 7.39. The van der Waals surface area contributed by atoms with Gasteiger partial charge in [-0.05, 0) is 60.4 Å². The van der Waals surface area contributed by atoms with E-state index in [2.05, 4.69) is 15.9 Å². The Kier molecular flexibility index (Phi) is 7.18. The van der Waals surface area contributed by atoms with Crippen LogP contribution in [0.5, 0.6) is 5.75 Å². The molecule has 0 spiro atoms. The van der Waals surface area contributed by atoms with Crippen molar-refractivity contribution in [1.29, 1.82) is 0 Å². The SMILES string of the molecule is Cc1cc(OCC(=O)N(c2ccccc2)S(=O)(=O)c2ccccc2)c(C(C)C)cc1Br. The van der Waals surface area contributed by atoms with Crippen LogP contribution in [0.15, 0.2) is 82.2 Å². The number of anilines is 1. The smallest absolute Gasteiger partial charge is 0.278 e. The summed E-state index contributed by atoms with van der Waals surface area (Å²) in [6, 6.07) is 20.0. The summed E-state index contributed by atoms with van der Waals surface area (Å²) in [5.41, 5.74) is 2.15. The summed E-state index contributed by atoms with van der Waals surface area (Å²) >= 11 is 3.52. The van der Waals surface area contributed by atoms with E-state index >= 15 is 0 Å². The number of para-hydroxylation sites is 1. The number of carbonyl (C=O) groups is 1. The number of hydrogen-bond donors (Lipinski definition) is 0. The standard InChI is InChI=1S/C24H24BrNO4S/c1-17(2)21-15-22(25)18(3)14-23(21)30-16-24(27)26(19-10-6-4-7-11-19)31(28,29)20-12-8-5-9-13-20/h4-15,17H,16H2,1-3H3. The van der Waals surface area contributed by atoms with Crippen LogP contribution in [0.3, 0.4) is 0 Å². The van der Waals surface area contributed by atoms with Gasteiger partial charge < -0.3 is 4.74 Å². The Bertz CT molecular complexity index is 1160. The van der Waals surface area contributed by atoms with Crippen molar-refractivity contribution >= 4 is 37.5 Å². The normalized spacial score (nSPS) is 11.4. The van der Waals surface area contributed by atoms with Crippen LogP contribution in [-0.2, 0) is 14.8 Å². The molecule has 3 aromatic rings. The lowest BCUT2D eigenvalue weighted by Crippen LogP contribution is -2.40. The second-order valence-corrected chi connectivity index (χ2v) is 10.0. The zero-order valence-electron chi connectivity index (χ0n) is 17.6. The molecule has 5 nitrogen and oxygen atoms in total. The van der Waals surface area contributed by atoms with Gasteiger partial charge in [0, 0.05) is 4.47 Å². The average molecular weight is 502 g/mol. The van der Waals surface area contributed by atoms with Gasteiger partial charge in [-0.2, -0.15) is 4.31 Å². The van der Waals surface area contributed by atoms with Crippen LogP contribution in [0.4, 0.5) is 5.69 Å². The Morgan fingerprint density at radius 2 is 1.58 bits per heavy atom. The maximum Gasteiger partial charge on any atom is 0.278 e. The molecule has 0 radical (unpaired) electrons. The van der Waals surface area contributed by atoms with Gasteiger partial charge in [0.05, 0.1) is 10.6 Å². The first kappa shape index (κ1) is 23.0. The van der Waals surface area contributed by atoms with Crippen LogP contribution in [0.25, 0.3) is 0 Å². The van der Waals surface area contributed by atoms with E-state index < -0.39 is 22.5 Å². The molecule has 0 aliphatic rings. The molecule has 7 heteroatoms. The Balaban J connectivity index is 1.95. The number of nitrogens with zero attached hydrogens (tertiary/aromatic N) is 1. The van der Waals surface area contributed by atoms with Crippen molar-refractivity contribution in [3.05, 3.63) is 88.4 Å². The number of hydrogen-bond acceptors (Lipinski definition) is 4. The summed E-state index contributed by atoms with van der Waals surface area (Å²) in [5.74, 6) is 0.0554. The Morgan fingerprint density at radius 1 is 1.00 bits per heavy atom. The van der Waals surface area contributed by atoms with E-state index in [0.717, 1.165) is 19.9 Å². The van der Waals surface area contributed by atoms with Crippen LogP contribution in [0, 0.1) is 6.92 Å². The topological polar surface area (TPSA) is 63.7 Å². The average Bonchev–Trinajstić information content (AvgIpc) is 2.75. The minimum Gasteiger partial charge on any atom is -0.483 e. The fraction of sp³-hybridized carbons (Fsp3) is 0.208. The van der Waals surface area contributed by atoms with E-state index in [9.17, 15) is 13.2 Å². The summed E-state index contributed by atoms with van der Waals surface area (Å²) < 4.78 is 34.2. The Morgan fingerprint density at radius 3 is 2.16 bits per heavy atom. The number of rotatable bonds is 7. The van der Waals surface area contributed by atoms with E-state index in [0.29, 0.717) is 5.75 Å². The fourth-order valence-electron chi connectivity index (χ4n) is 3.12. The van der Waals surface area contributed by atoms with Gasteiger partial charge in [-0.1, -0.05) is 66.2 Å². The third-order valence-electron chi connectivity index (χ3n) is 4.76. The molecule has 0 aliphatic heterocycles. The summed E-state index contributed by atoms with van der Waals surface area (Å²) in [7, 11) is -4.10. The molecule has 0 bridgehead atoms. The molecule has 31 heavy (non-hydrogen) atoms. The molecule has 0 heterocycles. The van der Waals surface area contributed by atoms with E-state index in [1.807, 2.05) is 32.9 Å². The first-order valence-corrected chi connectivity index (χ1v) is 12.1. The number of benzene rings is 3. The van der Waals surface area contributed by atoms with Crippen LogP contribution >= 0.6 is 15.9 Å². The number of halogens is 1. The molecule has 0 unspecified atom stereocenters. The van der Waals surface area contributed by atoms with Crippen LogP contribution in [0.2, 0.25) is 0 Å². The van der Waals surface area contributed by atoms with Gasteiger partial charge >= 0.3 is 0 Å². The van der Waals surface area contributed by atoms with E-state index in [-0.39, 0.29) is 16.5 Å². The zero-order chi connectivity index (χ0) is 22.6. The lowest BCUT2D eigenvalue weighted by atomic mass is 10.0. The molecule has 0 N–H and O–H groups in total. The summed E-state index contributed by atoms with van der Waals surface area (Å²) in [6.07, 6.45) is 0. The lowest BCUT2D eigenvalue weighted by Gasteiger charge is -2.23. The molecule has 0 saturated heterocycles. The highest BCUT2D eigenvalue weighted by atomic mass is 79.9. The molecule has 0 fully saturated rings. The van der Waals surface area contributed by atoms with Crippen LogP contribution in [0.1, 0.15) is 30.9 Å². The fourth-order valence-corrected chi connectivity index (χ4v) is 4.92.